The van der Waals surface area contributed by atoms with Crippen molar-refractivity contribution < 1.29 is 13.6 Å². The highest BCUT2D eigenvalue weighted by Gasteiger charge is 2.20. The van der Waals surface area contributed by atoms with E-state index in [-0.39, 0.29) is 11.2 Å². The Labute approximate surface area is 143 Å². The van der Waals surface area contributed by atoms with E-state index in [4.69, 9.17) is 8.83 Å². The molecule has 0 spiro atoms. The Kier molecular flexibility index (Phi) is 4.71. The van der Waals surface area contributed by atoms with E-state index in [1.54, 1.807) is 19.1 Å². The zero-order valence-electron chi connectivity index (χ0n) is 13.6. The molecule has 1 N–H and O–H groups in total. The van der Waals surface area contributed by atoms with Gasteiger partial charge in [-0.05, 0) is 44.0 Å². The molecule has 3 aromatic rings. The number of hydrogen-bond donors (Lipinski definition) is 1. The molecule has 0 aliphatic rings. The number of anilines is 1. The molecular formula is C17H17N3O3S. The number of hydrogen-bond acceptors (Lipinski definition) is 6. The van der Waals surface area contributed by atoms with Crippen LogP contribution in [0.2, 0.25) is 0 Å². The minimum Gasteiger partial charge on any atom is -0.459 e. The van der Waals surface area contributed by atoms with E-state index in [1.807, 2.05) is 32.0 Å². The summed E-state index contributed by atoms with van der Waals surface area (Å²) >= 11 is 1.21. The van der Waals surface area contributed by atoms with Crippen molar-refractivity contribution in [1.82, 2.24) is 10.2 Å². The van der Waals surface area contributed by atoms with Crippen LogP contribution in [0.15, 0.2) is 50.7 Å². The van der Waals surface area contributed by atoms with E-state index in [1.165, 1.54) is 18.0 Å². The Morgan fingerprint density at radius 2 is 1.92 bits per heavy atom. The molecule has 2 heterocycles. The summed E-state index contributed by atoms with van der Waals surface area (Å²) in [4.78, 5) is 12.4. The summed E-state index contributed by atoms with van der Waals surface area (Å²) in [5.41, 5.74) is 2.90. The van der Waals surface area contributed by atoms with Crippen LogP contribution in [-0.4, -0.2) is 21.4 Å². The van der Waals surface area contributed by atoms with Crippen LogP contribution in [0.1, 0.15) is 18.1 Å². The summed E-state index contributed by atoms with van der Waals surface area (Å²) < 4.78 is 10.7. The molecule has 0 saturated heterocycles. The quantitative estimate of drug-likeness (QED) is 0.703. The van der Waals surface area contributed by atoms with Gasteiger partial charge in [-0.3, -0.25) is 4.79 Å². The van der Waals surface area contributed by atoms with Crippen LogP contribution in [-0.2, 0) is 4.79 Å². The van der Waals surface area contributed by atoms with Crippen LogP contribution in [0.3, 0.4) is 0 Å². The molecule has 124 valence electrons. The van der Waals surface area contributed by atoms with Crippen molar-refractivity contribution in [2.24, 2.45) is 0 Å². The molecule has 0 aliphatic carbocycles. The number of furan rings is 1. The fourth-order valence-corrected chi connectivity index (χ4v) is 2.88. The Bertz CT molecular complexity index is 822. The van der Waals surface area contributed by atoms with Crippen molar-refractivity contribution in [3.63, 3.8) is 0 Å². The maximum absolute atomic E-state index is 12.4. The van der Waals surface area contributed by atoms with Crippen molar-refractivity contribution in [3.8, 4) is 11.7 Å². The molecule has 6 nitrogen and oxygen atoms in total. The first-order valence-electron chi connectivity index (χ1n) is 7.45. The van der Waals surface area contributed by atoms with E-state index in [9.17, 15) is 4.79 Å². The number of thioether (sulfide) groups is 1. The van der Waals surface area contributed by atoms with Crippen LogP contribution < -0.4 is 5.32 Å². The minimum absolute atomic E-state index is 0.116. The molecule has 0 saturated carbocycles. The van der Waals surface area contributed by atoms with Crippen molar-refractivity contribution in [2.75, 3.05) is 5.32 Å². The Hall–Kier alpha value is -2.54. The predicted octanol–water partition coefficient (Wildman–Crippen LogP) is 4.07. The van der Waals surface area contributed by atoms with Crippen LogP contribution in [0, 0.1) is 13.8 Å². The van der Waals surface area contributed by atoms with Gasteiger partial charge in [-0.15, -0.1) is 10.2 Å². The SMILES string of the molecule is Cc1cccc(C)c1NC(=O)[C@@H](C)Sc1nnc(-c2ccco2)o1. The van der Waals surface area contributed by atoms with Gasteiger partial charge in [-0.1, -0.05) is 30.0 Å². The molecule has 1 aromatic carbocycles. The zero-order chi connectivity index (χ0) is 17.1. The lowest BCUT2D eigenvalue weighted by molar-refractivity contribution is -0.115. The molecule has 0 bridgehead atoms. The maximum Gasteiger partial charge on any atom is 0.284 e. The standard InChI is InChI=1S/C17H17N3O3S/c1-10-6-4-7-11(2)14(10)18-15(21)12(3)24-17-20-19-16(23-17)13-8-5-9-22-13/h4-9,12H,1-3H3,(H,18,21)/t12-/m1/s1. The Morgan fingerprint density at radius 3 is 2.58 bits per heavy atom. The monoisotopic (exact) mass is 343 g/mol. The van der Waals surface area contributed by atoms with Gasteiger partial charge in [0.25, 0.3) is 11.1 Å². The van der Waals surface area contributed by atoms with Gasteiger partial charge >= 0.3 is 0 Å². The fourth-order valence-electron chi connectivity index (χ4n) is 2.20. The number of para-hydroxylation sites is 1. The van der Waals surface area contributed by atoms with Crippen molar-refractivity contribution in [3.05, 3.63) is 47.7 Å². The molecule has 0 fully saturated rings. The Balaban J connectivity index is 1.66. The molecule has 24 heavy (non-hydrogen) atoms. The number of aryl methyl sites for hydroxylation is 2. The molecule has 0 radical (unpaired) electrons. The van der Waals surface area contributed by atoms with Gasteiger partial charge in [0.15, 0.2) is 5.76 Å². The molecule has 0 unspecified atom stereocenters. The van der Waals surface area contributed by atoms with Gasteiger partial charge in [0.05, 0.1) is 11.5 Å². The zero-order valence-corrected chi connectivity index (χ0v) is 14.4. The third-order valence-corrected chi connectivity index (χ3v) is 4.45. The lowest BCUT2D eigenvalue weighted by Gasteiger charge is -2.14. The van der Waals surface area contributed by atoms with Gasteiger partial charge in [0.1, 0.15) is 0 Å². The van der Waals surface area contributed by atoms with Crippen LogP contribution in [0.25, 0.3) is 11.7 Å². The molecule has 2 aromatic heterocycles. The molecule has 0 aliphatic heterocycles. The number of nitrogens with zero attached hydrogens (tertiary/aromatic N) is 2. The van der Waals surface area contributed by atoms with Crippen LogP contribution >= 0.6 is 11.8 Å². The predicted molar refractivity (Wildman–Crippen MR) is 91.9 cm³/mol. The number of nitrogens with one attached hydrogen (secondary N) is 1. The highest BCUT2D eigenvalue weighted by atomic mass is 32.2. The van der Waals surface area contributed by atoms with Gasteiger partial charge in [0, 0.05) is 5.69 Å². The number of amides is 1. The van der Waals surface area contributed by atoms with Gasteiger partial charge in [-0.2, -0.15) is 0 Å². The molecule has 1 atom stereocenters. The van der Waals surface area contributed by atoms with Crippen LogP contribution in [0.5, 0.6) is 0 Å². The first-order valence-corrected chi connectivity index (χ1v) is 8.33. The van der Waals surface area contributed by atoms with E-state index < -0.39 is 0 Å². The largest absolute Gasteiger partial charge is 0.459 e. The van der Waals surface area contributed by atoms with E-state index in [0.29, 0.717) is 16.9 Å². The third-order valence-electron chi connectivity index (χ3n) is 3.51. The van der Waals surface area contributed by atoms with E-state index >= 15 is 0 Å². The average molecular weight is 343 g/mol. The number of carbonyl (C=O) groups is 1. The average Bonchev–Trinajstić information content (AvgIpc) is 3.21. The van der Waals surface area contributed by atoms with E-state index in [2.05, 4.69) is 15.5 Å². The second-order valence-electron chi connectivity index (χ2n) is 5.37. The topological polar surface area (TPSA) is 81.2 Å². The Morgan fingerprint density at radius 1 is 1.17 bits per heavy atom. The fraction of sp³-hybridized carbons (Fsp3) is 0.235. The number of carbonyl (C=O) groups excluding carboxylic acids is 1. The summed E-state index contributed by atoms with van der Waals surface area (Å²) in [6, 6.07) is 9.38. The number of benzene rings is 1. The summed E-state index contributed by atoms with van der Waals surface area (Å²) in [6.45, 7) is 5.73. The third kappa shape index (κ3) is 3.51. The summed E-state index contributed by atoms with van der Waals surface area (Å²) in [5, 5.41) is 10.8. The first kappa shape index (κ1) is 16.3. The highest BCUT2D eigenvalue weighted by Crippen LogP contribution is 2.27. The summed E-state index contributed by atoms with van der Waals surface area (Å²) in [7, 11) is 0. The van der Waals surface area contributed by atoms with Gasteiger partial charge in [-0.25, -0.2) is 0 Å². The molecule has 7 heteroatoms. The van der Waals surface area contributed by atoms with Crippen molar-refractivity contribution in [1.29, 1.82) is 0 Å². The second kappa shape index (κ2) is 6.92. The van der Waals surface area contributed by atoms with E-state index in [0.717, 1.165) is 16.8 Å². The number of aromatic nitrogens is 2. The highest BCUT2D eigenvalue weighted by molar-refractivity contribution is 8.00. The minimum atomic E-state index is -0.381. The maximum atomic E-state index is 12.4. The lowest BCUT2D eigenvalue weighted by atomic mass is 10.1. The molecule has 1 amide bonds. The van der Waals surface area contributed by atoms with Crippen molar-refractivity contribution >= 4 is 23.4 Å². The summed E-state index contributed by atoms with van der Waals surface area (Å²) in [5.74, 6) is 0.682. The lowest BCUT2D eigenvalue weighted by Crippen LogP contribution is -2.23. The first-order chi connectivity index (χ1) is 11.5. The van der Waals surface area contributed by atoms with Crippen LogP contribution in [0.4, 0.5) is 5.69 Å². The normalized spacial score (nSPS) is 12.1. The summed E-state index contributed by atoms with van der Waals surface area (Å²) in [6.07, 6.45) is 1.53. The smallest absolute Gasteiger partial charge is 0.284 e. The van der Waals surface area contributed by atoms with Gasteiger partial charge in [0.2, 0.25) is 5.91 Å². The molecule has 3 rings (SSSR count). The van der Waals surface area contributed by atoms with Gasteiger partial charge < -0.3 is 14.2 Å². The second-order valence-corrected chi connectivity index (χ2v) is 6.66. The molecular weight excluding hydrogens is 326 g/mol. The number of rotatable bonds is 5. The van der Waals surface area contributed by atoms with Crippen molar-refractivity contribution in [2.45, 2.75) is 31.2 Å².